The number of anilines is 1. The first-order chi connectivity index (χ1) is 16.5. The second-order valence-corrected chi connectivity index (χ2v) is 9.40. The summed E-state index contributed by atoms with van der Waals surface area (Å²) in [6, 6.07) is 16.4. The molecule has 1 saturated heterocycles. The molecule has 0 radical (unpaired) electrons. The molecule has 2 fully saturated rings. The molecule has 176 valence electrons. The molecule has 0 bridgehead atoms. The van der Waals surface area contributed by atoms with Crippen LogP contribution in [0, 0.1) is 11.3 Å². The molecule has 34 heavy (non-hydrogen) atoms. The summed E-state index contributed by atoms with van der Waals surface area (Å²) in [5.74, 6) is 0.813. The average molecular weight is 459 g/mol. The van der Waals surface area contributed by atoms with Gasteiger partial charge in [-0.15, -0.1) is 0 Å². The van der Waals surface area contributed by atoms with E-state index < -0.39 is 0 Å². The van der Waals surface area contributed by atoms with E-state index in [0.717, 1.165) is 53.8 Å². The van der Waals surface area contributed by atoms with Crippen LogP contribution in [0.25, 0.3) is 22.2 Å². The van der Waals surface area contributed by atoms with E-state index in [0.29, 0.717) is 23.9 Å². The Kier molecular flexibility index (Phi) is 6.16. The first-order valence-electron chi connectivity index (χ1n) is 12.0. The lowest BCUT2D eigenvalue weighted by Crippen LogP contribution is -2.34. The lowest BCUT2D eigenvalue weighted by atomic mass is 9.92. The average Bonchev–Trinajstić information content (AvgIpc) is 3.39. The zero-order valence-corrected chi connectivity index (χ0v) is 19.6. The third-order valence-electron chi connectivity index (χ3n) is 6.55. The van der Waals surface area contributed by atoms with Gasteiger partial charge in [0.15, 0.2) is 0 Å². The minimum absolute atomic E-state index is 0.0608. The van der Waals surface area contributed by atoms with Crippen molar-refractivity contribution < 1.29 is 14.3 Å². The number of ether oxygens (including phenoxy) is 2. The van der Waals surface area contributed by atoms with Crippen molar-refractivity contribution in [1.82, 2.24) is 9.88 Å². The van der Waals surface area contributed by atoms with Gasteiger partial charge in [0.05, 0.1) is 30.0 Å². The first-order valence-corrected chi connectivity index (χ1v) is 12.0. The summed E-state index contributed by atoms with van der Waals surface area (Å²) in [6.45, 7) is 5.19. The van der Waals surface area contributed by atoms with Crippen molar-refractivity contribution in [2.24, 2.45) is 0 Å². The fourth-order valence-corrected chi connectivity index (χ4v) is 4.72. The standard InChI is InChI=1S/C27H30N4O3/c1-17(2)29-27(32)30-19-8-6-18(7-9-19)26-24(15-28)23-11-10-21(34-22-12-13-33-16-22)14-25(23)31(26)20-4-3-5-20/h6-11,14,17,20,22H,3-5,12-13,16H2,1-2H3,(H2,29,30,32). The predicted octanol–water partition coefficient (Wildman–Crippen LogP) is 5.60. The van der Waals surface area contributed by atoms with Crippen LogP contribution in [0.1, 0.15) is 51.1 Å². The molecule has 7 nitrogen and oxygen atoms in total. The van der Waals surface area contributed by atoms with Crippen LogP contribution in [0.5, 0.6) is 5.75 Å². The molecule has 2 heterocycles. The number of benzene rings is 2. The normalized spacial score (nSPS) is 18.0. The number of nitrogens with one attached hydrogen (secondary N) is 2. The Bertz CT molecular complexity index is 1230. The van der Waals surface area contributed by atoms with Gasteiger partial charge in [-0.3, -0.25) is 0 Å². The molecule has 3 aromatic rings. The number of rotatable bonds is 6. The third kappa shape index (κ3) is 4.34. The van der Waals surface area contributed by atoms with Crippen molar-refractivity contribution in [1.29, 1.82) is 5.26 Å². The van der Waals surface area contributed by atoms with Crippen molar-refractivity contribution >= 4 is 22.6 Å². The van der Waals surface area contributed by atoms with Gasteiger partial charge in [0.2, 0.25) is 0 Å². The van der Waals surface area contributed by atoms with E-state index in [-0.39, 0.29) is 18.2 Å². The maximum atomic E-state index is 12.1. The first kappa shape index (κ1) is 22.3. The molecule has 2 N–H and O–H groups in total. The molecule has 1 atom stereocenters. The molecule has 2 amide bonds. The summed E-state index contributed by atoms with van der Waals surface area (Å²) in [5, 5.41) is 16.8. The van der Waals surface area contributed by atoms with E-state index in [2.05, 4.69) is 27.3 Å². The molecule has 5 rings (SSSR count). The largest absolute Gasteiger partial charge is 0.488 e. The summed E-state index contributed by atoms with van der Waals surface area (Å²) < 4.78 is 13.9. The predicted molar refractivity (Wildman–Crippen MR) is 132 cm³/mol. The van der Waals surface area contributed by atoms with Crippen LogP contribution >= 0.6 is 0 Å². The summed E-state index contributed by atoms with van der Waals surface area (Å²) in [4.78, 5) is 12.1. The summed E-state index contributed by atoms with van der Waals surface area (Å²) in [5.41, 5.74) is 4.31. The lowest BCUT2D eigenvalue weighted by molar-refractivity contribution is 0.141. The molecule has 1 saturated carbocycles. The van der Waals surface area contributed by atoms with E-state index in [1.165, 1.54) is 6.42 Å². The quantitative estimate of drug-likeness (QED) is 0.503. The van der Waals surface area contributed by atoms with Gasteiger partial charge in [-0.1, -0.05) is 12.1 Å². The van der Waals surface area contributed by atoms with Gasteiger partial charge in [0.25, 0.3) is 0 Å². The number of carbonyl (C=O) groups is 1. The number of aromatic nitrogens is 1. The molecular formula is C27H30N4O3. The molecule has 1 aliphatic carbocycles. The van der Waals surface area contributed by atoms with E-state index in [1.54, 1.807) is 0 Å². The fraction of sp³-hybridized carbons (Fsp3) is 0.407. The van der Waals surface area contributed by atoms with E-state index in [1.807, 2.05) is 50.2 Å². The maximum absolute atomic E-state index is 12.1. The van der Waals surface area contributed by atoms with Crippen LogP contribution in [0.2, 0.25) is 0 Å². The van der Waals surface area contributed by atoms with Crippen LogP contribution in [0.15, 0.2) is 42.5 Å². The number of nitrogens with zero attached hydrogens (tertiary/aromatic N) is 2. The monoisotopic (exact) mass is 458 g/mol. The van der Waals surface area contributed by atoms with E-state index in [4.69, 9.17) is 9.47 Å². The molecule has 1 aliphatic heterocycles. The number of urea groups is 1. The van der Waals surface area contributed by atoms with Gasteiger partial charge in [0, 0.05) is 35.6 Å². The van der Waals surface area contributed by atoms with Gasteiger partial charge < -0.3 is 24.7 Å². The van der Waals surface area contributed by atoms with Crippen LogP contribution in [0.3, 0.4) is 0 Å². The molecule has 7 heteroatoms. The number of hydrogen-bond acceptors (Lipinski definition) is 4. The van der Waals surface area contributed by atoms with Crippen LogP contribution in [-0.2, 0) is 4.74 Å². The Labute approximate surface area is 199 Å². The summed E-state index contributed by atoms with van der Waals surface area (Å²) >= 11 is 0. The highest BCUT2D eigenvalue weighted by Gasteiger charge is 2.28. The van der Waals surface area contributed by atoms with Gasteiger partial charge in [-0.05, 0) is 62.9 Å². The zero-order valence-electron chi connectivity index (χ0n) is 19.6. The number of hydrogen-bond donors (Lipinski definition) is 2. The van der Waals surface area contributed by atoms with Crippen molar-refractivity contribution in [3.8, 4) is 23.1 Å². The molecule has 1 unspecified atom stereocenters. The minimum atomic E-state index is -0.232. The highest BCUT2D eigenvalue weighted by atomic mass is 16.5. The Morgan fingerprint density at radius 1 is 1.18 bits per heavy atom. The second kappa shape index (κ2) is 9.40. The van der Waals surface area contributed by atoms with Crippen molar-refractivity contribution in [3.63, 3.8) is 0 Å². The lowest BCUT2D eigenvalue weighted by Gasteiger charge is -2.30. The third-order valence-corrected chi connectivity index (χ3v) is 6.55. The van der Waals surface area contributed by atoms with Crippen molar-refractivity contribution in [2.75, 3.05) is 18.5 Å². The molecule has 1 aromatic heterocycles. The highest BCUT2D eigenvalue weighted by molar-refractivity contribution is 5.96. The van der Waals surface area contributed by atoms with Crippen LogP contribution in [0.4, 0.5) is 10.5 Å². The molecule has 2 aromatic carbocycles. The Hall–Kier alpha value is -3.50. The highest BCUT2D eigenvalue weighted by Crippen LogP contribution is 2.43. The van der Waals surface area contributed by atoms with Crippen molar-refractivity contribution in [3.05, 3.63) is 48.0 Å². The molecule has 0 spiro atoms. The van der Waals surface area contributed by atoms with Crippen molar-refractivity contribution in [2.45, 2.75) is 57.7 Å². The second-order valence-electron chi connectivity index (χ2n) is 9.40. The summed E-state index contributed by atoms with van der Waals surface area (Å²) in [6.07, 6.45) is 4.35. The molecule has 2 aliphatic rings. The summed E-state index contributed by atoms with van der Waals surface area (Å²) in [7, 11) is 0. The van der Waals surface area contributed by atoms with E-state index in [9.17, 15) is 10.1 Å². The van der Waals surface area contributed by atoms with Crippen LogP contribution in [-0.4, -0.2) is 36.0 Å². The van der Waals surface area contributed by atoms with Gasteiger partial charge in [-0.2, -0.15) is 5.26 Å². The van der Waals surface area contributed by atoms with E-state index >= 15 is 0 Å². The number of nitriles is 1. The Morgan fingerprint density at radius 3 is 2.59 bits per heavy atom. The van der Waals surface area contributed by atoms with Gasteiger partial charge in [-0.25, -0.2) is 4.79 Å². The Morgan fingerprint density at radius 2 is 1.97 bits per heavy atom. The smallest absolute Gasteiger partial charge is 0.319 e. The maximum Gasteiger partial charge on any atom is 0.319 e. The minimum Gasteiger partial charge on any atom is -0.488 e. The SMILES string of the molecule is CC(C)NC(=O)Nc1ccc(-c2c(C#N)c3ccc(OC4CCOC4)cc3n2C2CCC2)cc1. The topological polar surface area (TPSA) is 88.3 Å². The number of carbonyl (C=O) groups excluding carboxylic acids is 1. The number of fused-ring (bicyclic) bond motifs is 1. The zero-order chi connectivity index (χ0) is 23.7. The Balaban J connectivity index is 1.53. The molecular weight excluding hydrogens is 428 g/mol. The van der Waals surface area contributed by atoms with Gasteiger partial charge in [0.1, 0.15) is 17.9 Å². The van der Waals surface area contributed by atoms with Gasteiger partial charge >= 0.3 is 6.03 Å². The fourth-order valence-electron chi connectivity index (χ4n) is 4.72. The van der Waals surface area contributed by atoms with Crippen LogP contribution < -0.4 is 15.4 Å². The number of amides is 2.